The summed E-state index contributed by atoms with van der Waals surface area (Å²) in [6.07, 6.45) is 3.51. The summed E-state index contributed by atoms with van der Waals surface area (Å²) >= 11 is 0. The number of carbonyl (C=O) groups excluding carboxylic acids is 1. The van der Waals surface area contributed by atoms with Crippen LogP contribution >= 0.6 is 0 Å². The van der Waals surface area contributed by atoms with Crippen LogP contribution in [0.15, 0.2) is 48.8 Å². The summed E-state index contributed by atoms with van der Waals surface area (Å²) in [5.74, 6) is 1.63. The minimum Gasteiger partial charge on any atom is -0.491 e. The predicted molar refractivity (Wildman–Crippen MR) is 115 cm³/mol. The Hall–Kier alpha value is -4.21. The lowest BCUT2D eigenvalue weighted by Gasteiger charge is -2.10. The number of nitrogens with one attached hydrogen (secondary N) is 1. The molecular formula is C21H21N7O3. The smallest absolute Gasteiger partial charge is 0.272 e. The molecule has 1 amide bonds. The Morgan fingerprint density at radius 2 is 1.90 bits per heavy atom. The Balaban J connectivity index is 1.61. The molecule has 0 fully saturated rings. The van der Waals surface area contributed by atoms with Crippen molar-refractivity contribution in [2.75, 3.05) is 33.6 Å². The first-order chi connectivity index (χ1) is 15.0. The van der Waals surface area contributed by atoms with Crippen LogP contribution in [0, 0.1) is 0 Å². The number of carbonyl (C=O) groups is 1. The minimum absolute atomic E-state index is 0.181. The van der Waals surface area contributed by atoms with Gasteiger partial charge in [-0.1, -0.05) is 6.07 Å². The van der Waals surface area contributed by atoms with E-state index >= 15 is 0 Å². The molecule has 0 aromatic carbocycles. The van der Waals surface area contributed by atoms with Crippen molar-refractivity contribution in [3.8, 4) is 22.8 Å². The zero-order valence-corrected chi connectivity index (χ0v) is 17.5. The monoisotopic (exact) mass is 419 g/mol. The van der Waals surface area contributed by atoms with Crippen LogP contribution in [0.1, 0.15) is 10.5 Å². The van der Waals surface area contributed by atoms with E-state index in [0.717, 1.165) is 11.1 Å². The first-order valence-electron chi connectivity index (χ1n) is 9.39. The topological polar surface area (TPSA) is 107 Å². The molecule has 0 unspecified atom stereocenters. The van der Waals surface area contributed by atoms with Gasteiger partial charge in [0.2, 0.25) is 5.95 Å². The highest BCUT2D eigenvalue weighted by atomic mass is 16.5. The molecule has 4 heterocycles. The van der Waals surface area contributed by atoms with Crippen LogP contribution in [0.2, 0.25) is 0 Å². The third kappa shape index (κ3) is 4.08. The van der Waals surface area contributed by atoms with Gasteiger partial charge in [0.25, 0.3) is 11.8 Å². The maximum atomic E-state index is 12.1. The number of methoxy groups -OCH3 is 2. The summed E-state index contributed by atoms with van der Waals surface area (Å²) in [6, 6.07) is 10.8. The normalized spacial score (nSPS) is 10.7. The van der Waals surface area contributed by atoms with Crippen LogP contribution in [0.4, 0.5) is 11.8 Å². The number of amides is 1. The average Bonchev–Trinajstić information content (AvgIpc) is 3.19. The van der Waals surface area contributed by atoms with Crippen LogP contribution < -0.4 is 14.8 Å². The zero-order valence-electron chi connectivity index (χ0n) is 17.5. The van der Waals surface area contributed by atoms with E-state index in [-0.39, 0.29) is 5.91 Å². The maximum absolute atomic E-state index is 12.1. The number of aromatic nitrogens is 5. The number of hydrogen-bond acceptors (Lipinski definition) is 8. The standard InChI is InChI=1S/C21H21N7O3/c1-27(2)20(29)15-6-5-7-17(23-15)24-21-25-18-11-13(8-9-28(18)26-21)14-10-16(30-3)19(31-4)22-12-14/h5-12H,1-4H3,(H,23,24,26). The van der Waals surface area contributed by atoms with Gasteiger partial charge in [0.1, 0.15) is 11.5 Å². The minimum atomic E-state index is -0.181. The van der Waals surface area contributed by atoms with Crippen LogP contribution in [0.5, 0.6) is 11.6 Å². The Bertz CT molecular complexity index is 1250. The first kappa shape index (κ1) is 20.1. The zero-order chi connectivity index (χ0) is 22.0. The molecule has 0 aliphatic carbocycles. The highest BCUT2D eigenvalue weighted by molar-refractivity contribution is 5.92. The summed E-state index contributed by atoms with van der Waals surface area (Å²) < 4.78 is 12.2. The maximum Gasteiger partial charge on any atom is 0.272 e. The lowest BCUT2D eigenvalue weighted by atomic mass is 10.1. The molecule has 0 aliphatic rings. The number of rotatable bonds is 6. The van der Waals surface area contributed by atoms with Crippen molar-refractivity contribution in [1.29, 1.82) is 0 Å². The number of fused-ring (bicyclic) bond motifs is 1. The second kappa shape index (κ2) is 8.27. The Kier molecular flexibility index (Phi) is 5.35. The fraction of sp³-hybridized carbons (Fsp3) is 0.190. The molecule has 0 spiro atoms. The van der Waals surface area contributed by atoms with Crippen molar-refractivity contribution in [1.82, 2.24) is 29.5 Å². The summed E-state index contributed by atoms with van der Waals surface area (Å²) in [5.41, 5.74) is 2.73. The molecule has 10 nitrogen and oxygen atoms in total. The fourth-order valence-electron chi connectivity index (χ4n) is 2.97. The highest BCUT2D eigenvalue weighted by Gasteiger charge is 2.12. The molecule has 1 N–H and O–H groups in total. The molecular weight excluding hydrogens is 398 g/mol. The molecule has 4 aromatic heterocycles. The number of hydrogen-bond donors (Lipinski definition) is 1. The van der Waals surface area contributed by atoms with E-state index in [0.29, 0.717) is 34.7 Å². The van der Waals surface area contributed by atoms with Gasteiger partial charge in [-0.25, -0.2) is 14.5 Å². The lowest BCUT2D eigenvalue weighted by molar-refractivity contribution is 0.0822. The molecule has 4 aromatic rings. The molecule has 0 saturated heterocycles. The lowest BCUT2D eigenvalue weighted by Crippen LogP contribution is -2.22. The number of anilines is 2. The number of pyridine rings is 3. The molecule has 0 radical (unpaired) electrons. The third-order valence-corrected chi connectivity index (χ3v) is 4.52. The molecule has 158 valence electrons. The van der Waals surface area contributed by atoms with Gasteiger partial charge in [-0.2, -0.15) is 4.98 Å². The summed E-state index contributed by atoms with van der Waals surface area (Å²) in [4.78, 5) is 26.7. The van der Waals surface area contributed by atoms with E-state index in [2.05, 4.69) is 25.4 Å². The average molecular weight is 419 g/mol. The largest absolute Gasteiger partial charge is 0.491 e. The van der Waals surface area contributed by atoms with E-state index in [9.17, 15) is 4.79 Å². The van der Waals surface area contributed by atoms with Gasteiger partial charge in [-0.3, -0.25) is 4.79 Å². The van der Waals surface area contributed by atoms with Crippen molar-refractivity contribution in [3.63, 3.8) is 0 Å². The van der Waals surface area contributed by atoms with Crippen LogP contribution in [0.25, 0.3) is 16.8 Å². The summed E-state index contributed by atoms with van der Waals surface area (Å²) in [5, 5.41) is 7.46. The van der Waals surface area contributed by atoms with Crippen molar-refractivity contribution in [2.24, 2.45) is 0 Å². The molecule has 31 heavy (non-hydrogen) atoms. The van der Waals surface area contributed by atoms with E-state index in [1.165, 1.54) is 4.90 Å². The summed E-state index contributed by atoms with van der Waals surface area (Å²) in [7, 11) is 6.47. The Morgan fingerprint density at radius 1 is 1.06 bits per heavy atom. The van der Waals surface area contributed by atoms with Crippen molar-refractivity contribution in [2.45, 2.75) is 0 Å². The van der Waals surface area contributed by atoms with E-state index in [4.69, 9.17) is 9.47 Å². The summed E-state index contributed by atoms with van der Waals surface area (Å²) in [6.45, 7) is 0. The Labute approximate surface area is 178 Å². The van der Waals surface area contributed by atoms with Gasteiger partial charge in [0.05, 0.1) is 14.2 Å². The van der Waals surface area contributed by atoms with Crippen LogP contribution in [0.3, 0.4) is 0 Å². The van der Waals surface area contributed by atoms with Gasteiger partial charge in [-0.15, -0.1) is 5.10 Å². The van der Waals surface area contributed by atoms with Crippen LogP contribution in [-0.2, 0) is 0 Å². The van der Waals surface area contributed by atoms with Gasteiger partial charge in [0, 0.05) is 32.1 Å². The van der Waals surface area contributed by atoms with Crippen molar-refractivity contribution in [3.05, 3.63) is 54.5 Å². The van der Waals surface area contributed by atoms with Gasteiger partial charge in [-0.05, 0) is 35.9 Å². The number of nitrogens with zero attached hydrogens (tertiary/aromatic N) is 6. The van der Waals surface area contributed by atoms with Crippen LogP contribution in [-0.4, -0.2) is 63.7 Å². The molecule has 4 rings (SSSR count). The first-order valence-corrected chi connectivity index (χ1v) is 9.39. The quantitative estimate of drug-likeness (QED) is 0.508. The SMILES string of the molecule is COc1cc(-c2ccn3nc(Nc4cccc(C(=O)N(C)C)n4)nc3c2)cnc1OC. The number of ether oxygens (including phenoxy) is 2. The molecule has 0 atom stereocenters. The fourth-order valence-corrected chi connectivity index (χ4v) is 2.97. The van der Waals surface area contributed by atoms with Gasteiger partial charge in [0.15, 0.2) is 11.4 Å². The van der Waals surface area contributed by atoms with Crippen molar-refractivity contribution < 1.29 is 14.3 Å². The van der Waals surface area contributed by atoms with Gasteiger partial charge >= 0.3 is 0 Å². The molecule has 0 bridgehead atoms. The predicted octanol–water partition coefficient (Wildman–Crippen LogP) is 2.65. The second-order valence-electron chi connectivity index (χ2n) is 6.82. The van der Waals surface area contributed by atoms with Gasteiger partial charge < -0.3 is 19.7 Å². The highest BCUT2D eigenvalue weighted by Crippen LogP contribution is 2.30. The third-order valence-electron chi connectivity index (χ3n) is 4.52. The van der Waals surface area contributed by atoms with E-state index < -0.39 is 0 Å². The van der Waals surface area contributed by atoms with E-state index in [1.54, 1.807) is 63.4 Å². The molecule has 0 aliphatic heterocycles. The molecule has 0 saturated carbocycles. The second-order valence-corrected chi connectivity index (χ2v) is 6.82. The molecule has 10 heteroatoms. The van der Waals surface area contributed by atoms with Crippen molar-refractivity contribution >= 4 is 23.3 Å². The Morgan fingerprint density at radius 3 is 2.65 bits per heavy atom. The van der Waals surface area contributed by atoms with E-state index in [1.807, 2.05) is 18.2 Å².